The molecule has 2 rings (SSSR count). The minimum absolute atomic E-state index is 0.142. The molecule has 0 aromatic carbocycles. The van der Waals surface area contributed by atoms with Gasteiger partial charge in [-0.2, -0.15) is 0 Å². The van der Waals surface area contributed by atoms with E-state index in [9.17, 15) is 9.90 Å². The summed E-state index contributed by atoms with van der Waals surface area (Å²) in [5.74, 6) is 1.02. The number of piperidine rings is 1. The lowest BCUT2D eigenvalue weighted by Gasteiger charge is -2.33. The van der Waals surface area contributed by atoms with Crippen LogP contribution in [0.15, 0.2) is 12.1 Å². The van der Waals surface area contributed by atoms with Crippen molar-refractivity contribution in [3.05, 3.63) is 17.8 Å². The third-order valence-corrected chi connectivity index (χ3v) is 3.82. The van der Waals surface area contributed by atoms with Crippen LogP contribution in [0, 0.1) is 5.92 Å². The van der Waals surface area contributed by atoms with Gasteiger partial charge in [0, 0.05) is 27.2 Å². The highest BCUT2D eigenvalue weighted by molar-refractivity contribution is 5.91. The summed E-state index contributed by atoms with van der Waals surface area (Å²) in [6.45, 7) is 3.58. The van der Waals surface area contributed by atoms with Crippen molar-refractivity contribution in [1.29, 1.82) is 0 Å². The van der Waals surface area contributed by atoms with Gasteiger partial charge in [0.05, 0.1) is 6.10 Å². The van der Waals surface area contributed by atoms with Gasteiger partial charge in [-0.05, 0) is 37.8 Å². The Balaban J connectivity index is 1.99. The molecule has 1 unspecified atom stereocenters. The number of rotatable bonds is 3. The molecule has 1 N–H and O–H groups in total. The zero-order valence-electron chi connectivity index (χ0n) is 12.3. The van der Waals surface area contributed by atoms with Crippen LogP contribution < -0.4 is 4.90 Å². The summed E-state index contributed by atoms with van der Waals surface area (Å²) in [6.07, 6.45) is 1.67. The number of carbonyl (C=O) groups is 1. The van der Waals surface area contributed by atoms with Gasteiger partial charge >= 0.3 is 0 Å². The third-order valence-electron chi connectivity index (χ3n) is 3.82. The van der Waals surface area contributed by atoms with Crippen LogP contribution in [-0.2, 0) is 0 Å². The lowest BCUT2D eigenvalue weighted by molar-refractivity contribution is 0.0820. The van der Waals surface area contributed by atoms with Gasteiger partial charge in [0.1, 0.15) is 0 Å². The van der Waals surface area contributed by atoms with Crippen molar-refractivity contribution in [2.75, 3.05) is 32.1 Å². The predicted molar refractivity (Wildman–Crippen MR) is 76.7 cm³/mol. The number of hydrogen-bond acceptors (Lipinski definition) is 5. The number of carbonyl (C=O) groups excluding carboxylic acids is 1. The fraction of sp³-hybridized carbons (Fsp3) is 0.643. The molecule has 110 valence electrons. The van der Waals surface area contributed by atoms with Crippen molar-refractivity contribution in [3.8, 4) is 0 Å². The fourth-order valence-corrected chi connectivity index (χ4v) is 2.45. The summed E-state index contributed by atoms with van der Waals surface area (Å²) >= 11 is 0. The van der Waals surface area contributed by atoms with Crippen molar-refractivity contribution < 1.29 is 9.90 Å². The molecule has 20 heavy (non-hydrogen) atoms. The first-order chi connectivity index (χ1) is 9.49. The summed E-state index contributed by atoms with van der Waals surface area (Å²) in [6, 6.07) is 3.55. The van der Waals surface area contributed by atoms with Crippen molar-refractivity contribution >= 4 is 11.7 Å². The zero-order valence-corrected chi connectivity index (χ0v) is 12.3. The van der Waals surface area contributed by atoms with E-state index in [1.54, 1.807) is 20.2 Å². The van der Waals surface area contributed by atoms with Crippen LogP contribution in [0.1, 0.15) is 30.3 Å². The van der Waals surface area contributed by atoms with E-state index >= 15 is 0 Å². The van der Waals surface area contributed by atoms with E-state index in [2.05, 4.69) is 15.1 Å². The van der Waals surface area contributed by atoms with Crippen molar-refractivity contribution in [3.63, 3.8) is 0 Å². The molecule has 0 bridgehead atoms. The van der Waals surface area contributed by atoms with Crippen LogP contribution in [-0.4, -0.2) is 59.4 Å². The Labute approximate surface area is 119 Å². The molecule has 1 saturated heterocycles. The van der Waals surface area contributed by atoms with Crippen LogP contribution in [0.3, 0.4) is 0 Å². The second kappa shape index (κ2) is 6.17. The van der Waals surface area contributed by atoms with Gasteiger partial charge in [-0.15, -0.1) is 10.2 Å². The molecule has 1 aliphatic heterocycles. The monoisotopic (exact) mass is 278 g/mol. The largest absolute Gasteiger partial charge is 0.393 e. The van der Waals surface area contributed by atoms with Gasteiger partial charge < -0.3 is 14.9 Å². The topological polar surface area (TPSA) is 69.6 Å². The number of hydrogen-bond donors (Lipinski definition) is 1. The molecular weight excluding hydrogens is 256 g/mol. The standard InChI is InChI=1S/C14H22N4O2/c1-10(19)11-6-8-18(9-7-11)13-5-4-12(15-16-13)14(20)17(2)3/h4-5,10-11,19H,6-9H2,1-3H3. The molecule has 6 heteroatoms. The molecule has 0 radical (unpaired) electrons. The number of nitrogens with zero attached hydrogens (tertiary/aromatic N) is 4. The molecule has 2 heterocycles. The highest BCUT2D eigenvalue weighted by Gasteiger charge is 2.23. The molecule has 6 nitrogen and oxygen atoms in total. The zero-order chi connectivity index (χ0) is 14.7. The Bertz CT molecular complexity index is 451. The van der Waals surface area contributed by atoms with Crippen molar-refractivity contribution in [2.45, 2.75) is 25.9 Å². The van der Waals surface area contributed by atoms with Crippen LogP contribution in [0.2, 0.25) is 0 Å². The number of aliphatic hydroxyl groups excluding tert-OH is 1. The van der Waals surface area contributed by atoms with E-state index in [1.807, 2.05) is 13.0 Å². The number of aromatic nitrogens is 2. The number of amides is 1. The average molecular weight is 278 g/mol. The summed E-state index contributed by atoms with van der Waals surface area (Å²) in [5.41, 5.74) is 0.359. The van der Waals surface area contributed by atoms with Crippen molar-refractivity contribution in [2.24, 2.45) is 5.92 Å². The Morgan fingerprint density at radius 1 is 1.35 bits per heavy atom. The Hall–Kier alpha value is -1.69. The highest BCUT2D eigenvalue weighted by Crippen LogP contribution is 2.23. The quantitative estimate of drug-likeness (QED) is 0.884. The Morgan fingerprint density at radius 2 is 2.00 bits per heavy atom. The third kappa shape index (κ3) is 3.25. The highest BCUT2D eigenvalue weighted by atomic mass is 16.3. The Kier molecular flexibility index (Phi) is 4.54. The van der Waals surface area contributed by atoms with Crippen LogP contribution in [0.5, 0.6) is 0 Å². The minimum atomic E-state index is -0.247. The summed E-state index contributed by atoms with van der Waals surface area (Å²) < 4.78 is 0. The molecule has 0 aliphatic carbocycles. The molecule has 1 aromatic heterocycles. The maximum atomic E-state index is 11.7. The van der Waals surface area contributed by atoms with Crippen LogP contribution >= 0.6 is 0 Å². The van der Waals surface area contributed by atoms with E-state index in [1.165, 1.54) is 4.90 Å². The first-order valence-corrected chi connectivity index (χ1v) is 6.97. The first-order valence-electron chi connectivity index (χ1n) is 6.97. The fourth-order valence-electron chi connectivity index (χ4n) is 2.45. The molecule has 1 aromatic rings. The maximum absolute atomic E-state index is 11.7. The number of anilines is 1. The van der Waals surface area contributed by atoms with Gasteiger partial charge in [-0.25, -0.2) is 0 Å². The van der Waals surface area contributed by atoms with Gasteiger partial charge in [0.15, 0.2) is 11.5 Å². The minimum Gasteiger partial charge on any atom is -0.393 e. The van der Waals surface area contributed by atoms with Crippen molar-refractivity contribution in [1.82, 2.24) is 15.1 Å². The van der Waals surface area contributed by atoms with E-state index < -0.39 is 0 Å². The second-order valence-electron chi connectivity index (χ2n) is 5.54. The average Bonchev–Trinajstić information content (AvgIpc) is 2.46. The lowest BCUT2D eigenvalue weighted by Crippen LogP contribution is -2.37. The van der Waals surface area contributed by atoms with Gasteiger partial charge in [0.2, 0.25) is 0 Å². The molecule has 1 fully saturated rings. The van der Waals surface area contributed by atoms with E-state index in [-0.39, 0.29) is 12.0 Å². The molecule has 1 atom stereocenters. The van der Waals surface area contributed by atoms with E-state index in [4.69, 9.17) is 0 Å². The van der Waals surface area contributed by atoms with Gasteiger partial charge in [0.25, 0.3) is 5.91 Å². The predicted octanol–water partition coefficient (Wildman–Crippen LogP) is 0.776. The SMILES string of the molecule is CC(O)C1CCN(c2ccc(C(=O)N(C)C)nn2)CC1. The first kappa shape index (κ1) is 14.7. The van der Waals surface area contributed by atoms with Gasteiger partial charge in [-0.1, -0.05) is 0 Å². The maximum Gasteiger partial charge on any atom is 0.273 e. The molecular formula is C14H22N4O2. The number of aliphatic hydroxyl groups is 1. The van der Waals surface area contributed by atoms with E-state index in [0.29, 0.717) is 11.6 Å². The molecule has 0 spiro atoms. The molecule has 1 amide bonds. The van der Waals surface area contributed by atoms with Crippen LogP contribution in [0.4, 0.5) is 5.82 Å². The van der Waals surface area contributed by atoms with E-state index in [0.717, 1.165) is 31.7 Å². The summed E-state index contributed by atoms with van der Waals surface area (Å²) in [7, 11) is 3.39. The lowest BCUT2D eigenvalue weighted by atomic mass is 9.92. The van der Waals surface area contributed by atoms with Gasteiger partial charge in [-0.3, -0.25) is 4.79 Å². The normalized spacial score (nSPS) is 17.9. The smallest absolute Gasteiger partial charge is 0.273 e. The summed E-state index contributed by atoms with van der Waals surface area (Å²) in [4.78, 5) is 15.4. The summed E-state index contributed by atoms with van der Waals surface area (Å²) in [5, 5.41) is 17.7. The molecule has 1 aliphatic rings. The molecule has 0 saturated carbocycles. The van der Waals surface area contributed by atoms with Crippen LogP contribution in [0.25, 0.3) is 0 Å². The second-order valence-corrected chi connectivity index (χ2v) is 5.54. The Morgan fingerprint density at radius 3 is 2.45 bits per heavy atom.